The van der Waals surface area contributed by atoms with Gasteiger partial charge in [-0.2, -0.15) is 0 Å². The Morgan fingerprint density at radius 3 is 2.72 bits per heavy atom. The van der Waals surface area contributed by atoms with Crippen molar-refractivity contribution in [1.29, 1.82) is 0 Å². The fourth-order valence-corrected chi connectivity index (χ4v) is 2.94. The zero-order valence-electron chi connectivity index (χ0n) is 14.5. The van der Waals surface area contributed by atoms with Crippen molar-refractivity contribution in [1.82, 2.24) is 20.3 Å². The molecule has 0 aliphatic heterocycles. The normalized spacial score (nSPS) is 12.1. The smallest absolute Gasteiger partial charge is 0.278 e. The van der Waals surface area contributed by atoms with Crippen LogP contribution in [0.25, 0.3) is 10.9 Å². The predicted molar refractivity (Wildman–Crippen MR) is 96.3 cm³/mol. The van der Waals surface area contributed by atoms with E-state index in [1.807, 2.05) is 32.9 Å². The number of rotatable bonds is 4. The lowest BCUT2D eigenvalue weighted by atomic mass is 10.0. The van der Waals surface area contributed by atoms with Crippen molar-refractivity contribution < 1.29 is 4.79 Å². The molecule has 2 aromatic carbocycles. The van der Waals surface area contributed by atoms with Crippen LogP contribution in [0.4, 0.5) is 0 Å². The van der Waals surface area contributed by atoms with Gasteiger partial charge in [0.1, 0.15) is 12.1 Å². The second kappa shape index (κ2) is 6.84. The van der Waals surface area contributed by atoms with Gasteiger partial charge in [-0.3, -0.25) is 9.59 Å². The summed E-state index contributed by atoms with van der Waals surface area (Å²) >= 11 is 0. The minimum atomic E-state index is -0.320. The Kier molecular flexibility index (Phi) is 4.61. The molecule has 0 fully saturated rings. The van der Waals surface area contributed by atoms with E-state index >= 15 is 0 Å². The van der Waals surface area contributed by atoms with E-state index in [0.717, 1.165) is 15.8 Å². The van der Waals surface area contributed by atoms with Gasteiger partial charge in [-0.05, 0) is 44.0 Å². The number of carbonyl (C=O) groups excluding carboxylic acids is 1. The highest BCUT2D eigenvalue weighted by atomic mass is 16.2. The molecule has 0 radical (unpaired) electrons. The first-order valence-electron chi connectivity index (χ1n) is 8.15. The fraction of sp³-hybridized carbons (Fsp3) is 0.263. The average Bonchev–Trinajstić information content (AvgIpc) is 2.57. The van der Waals surface area contributed by atoms with Crippen molar-refractivity contribution >= 4 is 16.8 Å². The summed E-state index contributed by atoms with van der Waals surface area (Å²) in [5.74, 6) is -0.279. The predicted octanol–water partition coefficient (Wildman–Crippen LogP) is 2.29. The molecule has 3 rings (SSSR count). The standard InChI is InChI=1S/C19H20N4O2/c1-12-8-9-15(13(2)10-12)14(3)20-18(24)11-23-19(25)16-6-4-5-7-17(16)21-22-23/h4-10,14H,11H2,1-3H3,(H,20,24). The molecule has 6 nitrogen and oxygen atoms in total. The van der Waals surface area contributed by atoms with E-state index in [1.165, 1.54) is 5.56 Å². The summed E-state index contributed by atoms with van der Waals surface area (Å²) in [6.07, 6.45) is 0. The summed E-state index contributed by atoms with van der Waals surface area (Å²) in [6.45, 7) is 5.81. The molecule has 0 aliphatic carbocycles. The maximum Gasteiger partial charge on any atom is 0.278 e. The quantitative estimate of drug-likeness (QED) is 0.793. The number of aryl methyl sites for hydroxylation is 2. The summed E-state index contributed by atoms with van der Waals surface area (Å²) < 4.78 is 1.09. The number of fused-ring (bicyclic) bond motifs is 1. The number of carbonyl (C=O) groups is 1. The van der Waals surface area contributed by atoms with E-state index in [0.29, 0.717) is 10.9 Å². The van der Waals surface area contributed by atoms with Crippen LogP contribution in [0.5, 0.6) is 0 Å². The van der Waals surface area contributed by atoms with Crippen LogP contribution < -0.4 is 10.9 Å². The van der Waals surface area contributed by atoms with Crippen molar-refractivity contribution in [2.24, 2.45) is 0 Å². The molecule has 0 saturated carbocycles. The fourth-order valence-electron chi connectivity index (χ4n) is 2.94. The summed E-state index contributed by atoms with van der Waals surface area (Å²) in [6, 6.07) is 12.9. The lowest BCUT2D eigenvalue weighted by Crippen LogP contribution is -2.35. The number of hydrogen-bond acceptors (Lipinski definition) is 4. The molecule has 1 N–H and O–H groups in total. The van der Waals surface area contributed by atoms with Crippen molar-refractivity contribution in [2.75, 3.05) is 0 Å². The van der Waals surface area contributed by atoms with Gasteiger partial charge in [0.2, 0.25) is 5.91 Å². The van der Waals surface area contributed by atoms with E-state index in [1.54, 1.807) is 24.3 Å². The molecule has 1 amide bonds. The van der Waals surface area contributed by atoms with Gasteiger partial charge >= 0.3 is 0 Å². The second-order valence-corrected chi connectivity index (χ2v) is 6.22. The molecule has 128 valence electrons. The molecular formula is C19H20N4O2. The van der Waals surface area contributed by atoms with Crippen molar-refractivity contribution in [3.8, 4) is 0 Å². The van der Waals surface area contributed by atoms with Crippen LogP contribution in [0.1, 0.15) is 29.7 Å². The molecule has 1 aromatic heterocycles. The molecule has 0 saturated heterocycles. The summed E-state index contributed by atoms with van der Waals surface area (Å²) in [5.41, 5.74) is 3.55. The molecule has 25 heavy (non-hydrogen) atoms. The Morgan fingerprint density at radius 2 is 1.96 bits per heavy atom. The van der Waals surface area contributed by atoms with Crippen LogP contribution in [-0.2, 0) is 11.3 Å². The lowest BCUT2D eigenvalue weighted by molar-refractivity contribution is -0.122. The van der Waals surface area contributed by atoms with Gasteiger partial charge in [0.15, 0.2) is 0 Å². The van der Waals surface area contributed by atoms with E-state index in [4.69, 9.17) is 0 Å². The molecule has 1 atom stereocenters. The maximum absolute atomic E-state index is 12.4. The molecule has 0 spiro atoms. The van der Waals surface area contributed by atoms with Gasteiger partial charge in [-0.15, -0.1) is 5.10 Å². The van der Waals surface area contributed by atoms with Crippen LogP contribution in [0.3, 0.4) is 0 Å². The Labute approximate surface area is 145 Å². The Morgan fingerprint density at radius 1 is 1.20 bits per heavy atom. The Bertz CT molecular complexity index is 994. The number of amides is 1. The molecule has 0 bridgehead atoms. The third kappa shape index (κ3) is 3.57. The molecule has 3 aromatic rings. The molecule has 6 heteroatoms. The van der Waals surface area contributed by atoms with Gasteiger partial charge in [-0.25, -0.2) is 4.68 Å². The zero-order chi connectivity index (χ0) is 18.0. The molecule has 1 heterocycles. The summed E-state index contributed by atoms with van der Waals surface area (Å²) in [7, 11) is 0. The van der Waals surface area contributed by atoms with Gasteiger partial charge in [-0.1, -0.05) is 41.1 Å². The first-order chi connectivity index (χ1) is 12.0. The monoisotopic (exact) mass is 336 g/mol. The minimum Gasteiger partial charge on any atom is -0.348 e. The van der Waals surface area contributed by atoms with E-state index in [-0.39, 0.29) is 24.1 Å². The minimum absolute atomic E-state index is 0.155. The van der Waals surface area contributed by atoms with Crippen molar-refractivity contribution in [2.45, 2.75) is 33.4 Å². The molecule has 1 unspecified atom stereocenters. The van der Waals surface area contributed by atoms with Gasteiger partial charge in [0, 0.05) is 0 Å². The van der Waals surface area contributed by atoms with Crippen molar-refractivity contribution in [3.05, 3.63) is 69.5 Å². The summed E-state index contributed by atoms with van der Waals surface area (Å²) in [5, 5.41) is 11.2. The Hall–Kier alpha value is -3.02. The number of nitrogens with one attached hydrogen (secondary N) is 1. The molecular weight excluding hydrogens is 316 g/mol. The number of hydrogen-bond donors (Lipinski definition) is 1. The Balaban J connectivity index is 1.76. The topological polar surface area (TPSA) is 76.9 Å². The first kappa shape index (κ1) is 16.8. The third-order valence-corrected chi connectivity index (χ3v) is 4.19. The number of benzene rings is 2. The first-order valence-corrected chi connectivity index (χ1v) is 8.15. The third-order valence-electron chi connectivity index (χ3n) is 4.19. The second-order valence-electron chi connectivity index (χ2n) is 6.22. The van der Waals surface area contributed by atoms with Gasteiger partial charge in [0.05, 0.1) is 11.4 Å². The average molecular weight is 336 g/mol. The lowest BCUT2D eigenvalue weighted by Gasteiger charge is -2.17. The highest BCUT2D eigenvalue weighted by Gasteiger charge is 2.14. The van der Waals surface area contributed by atoms with Crippen molar-refractivity contribution in [3.63, 3.8) is 0 Å². The van der Waals surface area contributed by atoms with E-state index in [9.17, 15) is 9.59 Å². The highest BCUT2D eigenvalue weighted by Crippen LogP contribution is 2.18. The van der Waals surface area contributed by atoms with Crippen LogP contribution in [0.2, 0.25) is 0 Å². The van der Waals surface area contributed by atoms with Gasteiger partial charge < -0.3 is 5.32 Å². The van der Waals surface area contributed by atoms with Gasteiger partial charge in [0.25, 0.3) is 5.56 Å². The largest absolute Gasteiger partial charge is 0.348 e. The van der Waals surface area contributed by atoms with E-state index in [2.05, 4.69) is 21.7 Å². The van der Waals surface area contributed by atoms with E-state index < -0.39 is 0 Å². The van der Waals surface area contributed by atoms with Crippen LogP contribution in [0, 0.1) is 13.8 Å². The van der Waals surface area contributed by atoms with Crippen LogP contribution in [0.15, 0.2) is 47.3 Å². The SMILES string of the molecule is Cc1ccc(C(C)NC(=O)Cn2nnc3ccccc3c2=O)c(C)c1. The number of aromatic nitrogens is 3. The maximum atomic E-state index is 12.4. The zero-order valence-corrected chi connectivity index (χ0v) is 14.5. The van der Waals surface area contributed by atoms with Crippen LogP contribution >= 0.6 is 0 Å². The molecule has 0 aliphatic rings. The van der Waals surface area contributed by atoms with Crippen LogP contribution in [-0.4, -0.2) is 20.9 Å². The summed E-state index contributed by atoms with van der Waals surface area (Å²) in [4.78, 5) is 24.7. The number of nitrogens with zero attached hydrogens (tertiary/aromatic N) is 3. The highest BCUT2D eigenvalue weighted by molar-refractivity contribution is 5.78.